The molecule has 3 nitrogen and oxygen atoms in total. The standard InChI is InChI=1S/C22H23NO2/c1-22(13-24,14-25)23-10-9-15-11-16-5-4-8-19-17-6-2-3-7-18(17)20(12-15)21(16)19/h2-8,11-12,23-25H,9-10,13-14H2,1H3. The Bertz CT molecular complexity index is 928. The van der Waals surface area contributed by atoms with E-state index in [0.717, 1.165) is 6.42 Å². The largest absolute Gasteiger partial charge is 0.394 e. The number of fused-ring (bicyclic) bond motifs is 3. The molecule has 0 unspecified atom stereocenters. The summed E-state index contributed by atoms with van der Waals surface area (Å²) in [6, 6.07) is 19.6. The highest BCUT2D eigenvalue weighted by Crippen LogP contribution is 2.47. The van der Waals surface area contributed by atoms with Gasteiger partial charge in [-0.3, -0.25) is 0 Å². The van der Waals surface area contributed by atoms with Gasteiger partial charge in [-0.15, -0.1) is 0 Å². The summed E-state index contributed by atoms with van der Waals surface area (Å²) in [7, 11) is 0. The molecule has 0 saturated heterocycles. The lowest BCUT2D eigenvalue weighted by Gasteiger charge is -2.26. The molecule has 0 heterocycles. The van der Waals surface area contributed by atoms with Crippen molar-refractivity contribution in [1.82, 2.24) is 5.32 Å². The molecule has 0 atom stereocenters. The average molecular weight is 333 g/mol. The minimum Gasteiger partial charge on any atom is -0.394 e. The lowest BCUT2D eigenvalue weighted by Crippen LogP contribution is -2.49. The number of nitrogens with one attached hydrogen (secondary N) is 1. The summed E-state index contributed by atoms with van der Waals surface area (Å²) in [6.45, 7) is 2.38. The number of hydrogen-bond acceptors (Lipinski definition) is 3. The van der Waals surface area contributed by atoms with Crippen molar-refractivity contribution in [3.05, 3.63) is 60.2 Å². The van der Waals surface area contributed by atoms with E-state index in [4.69, 9.17) is 0 Å². The highest BCUT2D eigenvalue weighted by atomic mass is 16.3. The van der Waals surface area contributed by atoms with Gasteiger partial charge in [0.05, 0.1) is 18.8 Å². The van der Waals surface area contributed by atoms with Gasteiger partial charge in [-0.1, -0.05) is 54.6 Å². The van der Waals surface area contributed by atoms with Crippen molar-refractivity contribution in [1.29, 1.82) is 0 Å². The van der Waals surface area contributed by atoms with Gasteiger partial charge in [0.2, 0.25) is 0 Å². The first-order valence-electron chi connectivity index (χ1n) is 8.77. The molecule has 3 N–H and O–H groups in total. The van der Waals surface area contributed by atoms with E-state index in [-0.39, 0.29) is 13.2 Å². The van der Waals surface area contributed by atoms with Crippen molar-refractivity contribution in [2.75, 3.05) is 19.8 Å². The highest BCUT2D eigenvalue weighted by molar-refractivity contribution is 6.15. The highest BCUT2D eigenvalue weighted by Gasteiger charge is 2.22. The Balaban J connectivity index is 1.67. The fourth-order valence-electron chi connectivity index (χ4n) is 3.69. The Morgan fingerprint density at radius 1 is 0.840 bits per heavy atom. The summed E-state index contributed by atoms with van der Waals surface area (Å²) in [5, 5.41) is 24.7. The molecule has 0 spiro atoms. The van der Waals surface area contributed by atoms with Crippen molar-refractivity contribution in [3.8, 4) is 22.3 Å². The minimum atomic E-state index is -0.632. The smallest absolute Gasteiger partial charge is 0.0633 e. The number of aliphatic hydroxyl groups is 2. The zero-order valence-corrected chi connectivity index (χ0v) is 14.4. The second-order valence-electron chi connectivity index (χ2n) is 7.15. The molecular formula is C22H23NO2. The van der Waals surface area contributed by atoms with Gasteiger partial charge < -0.3 is 15.5 Å². The van der Waals surface area contributed by atoms with Gasteiger partial charge in [-0.25, -0.2) is 0 Å². The molecular weight excluding hydrogens is 310 g/mol. The van der Waals surface area contributed by atoms with Crippen LogP contribution in [0.1, 0.15) is 12.5 Å². The maximum atomic E-state index is 9.40. The van der Waals surface area contributed by atoms with Crippen LogP contribution < -0.4 is 5.32 Å². The first-order chi connectivity index (χ1) is 12.1. The van der Waals surface area contributed by atoms with E-state index >= 15 is 0 Å². The molecule has 0 saturated carbocycles. The Morgan fingerprint density at radius 3 is 2.24 bits per heavy atom. The second kappa shape index (κ2) is 6.26. The Morgan fingerprint density at radius 2 is 1.52 bits per heavy atom. The maximum absolute atomic E-state index is 9.40. The average Bonchev–Trinajstić information content (AvgIpc) is 2.98. The van der Waals surface area contributed by atoms with Gasteiger partial charge in [0, 0.05) is 0 Å². The molecule has 4 rings (SSSR count). The van der Waals surface area contributed by atoms with Gasteiger partial charge >= 0.3 is 0 Å². The van der Waals surface area contributed by atoms with Crippen LogP contribution in [0.3, 0.4) is 0 Å². The molecule has 128 valence electrons. The van der Waals surface area contributed by atoms with Crippen molar-refractivity contribution >= 4 is 10.8 Å². The number of aliphatic hydroxyl groups excluding tert-OH is 2. The van der Waals surface area contributed by atoms with Crippen LogP contribution in [0.2, 0.25) is 0 Å². The number of rotatable bonds is 6. The van der Waals surface area contributed by atoms with E-state index in [1.54, 1.807) is 0 Å². The fraction of sp³-hybridized carbons (Fsp3) is 0.273. The third-order valence-corrected chi connectivity index (χ3v) is 5.21. The third kappa shape index (κ3) is 2.74. The van der Waals surface area contributed by atoms with Crippen LogP contribution in [0.4, 0.5) is 0 Å². The molecule has 0 radical (unpaired) electrons. The minimum absolute atomic E-state index is 0.0802. The van der Waals surface area contributed by atoms with Crippen molar-refractivity contribution < 1.29 is 10.2 Å². The van der Waals surface area contributed by atoms with Crippen LogP contribution in [0, 0.1) is 0 Å². The van der Waals surface area contributed by atoms with Crippen LogP contribution in [0.5, 0.6) is 0 Å². The molecule has 3 aromatic carbocycles. The van der Waals surface area contributed by atoms with Gasteiger partial charge in [-0.2, -0.15) is 0 Å². The van der Waals surface area contributed by atoms with Crippen molar-refractivity contribution in [2.45, 2.75) is 18.9 Å². The zero-order valence-electron chi connectivity index (χ0n) is 14.4. The molecule has 0 aromatic heterocycles. The van der Waals surface area contributed by atoms with Gasteiger partial charge in [0.1, 0.15) is 0 Å². The van der Waals surface area contributed by atoms with E-state index in [9.17, 15) is 10.2 Å². The summed E-state index contributed by atoms with van der Waals surface area (Å²) in [4.78, 5) is 0. The summed E-state index contributed by atoms with van der Waals surface area (Å²) >= 11 is 0. The number of benzene rings is 3. The van der Waals surface area contributed by atoms with E-state index in [0.29, 0.717) is 6.54 Å². The van der Waals surface area contributed by atoms with Crippen molar-refractivity contribution in [3.63, 3.8) is 0 Å². The van der Waals surface area contributed by atoms with E-state index in [1.165, 1.54) is 38.6 Å². The van der Waals surface area contributed by atoms with E-state index in [1.807, 2.05) is 6.92 Å². The van der Waals surface area contributed by atoms with Gasteiger partial charge in [0.25, 0.3) is 0 Å². The molecule has 0 amide bonds. The molecule has 0 bridgehead atoms. The monoisotopic (exact) mass is 333 g/mol. The van der Waals surface area contributed by atoms with E-state index < -0.39 is 5.54 Å². The summed E-state index contributed by atoms with van der Waals surface area (Å²) < 4.78 is 0. The first kappa shape index (κ1) is 16.3. The molecule has 3 aromatic rings. The lowest BCUT2D eigenvalue weighted by molar-refractivity contribution is 0.105. The van der Waals surface area contributed by atoms with Crippen LogP contribution in [0.15, 0.2) is 54.6 Å². The van der Waals surface area contributed by atoms with Crippen LogP contribution in [-0.4, -0.2) is 35.5 Å². The quantitative estimate of drug-likeness (QED) is 0.507. The summed E-state index contributed by atoms with van der Waals surface area (Å²) in [5.41, 5.74) is 5.88. The third-order valence-electron chi connectivity index (χ3n) is 5.21. The van der Waals surface area contributed by atoms with Crippen LogP contribution in [0.25, 0.3) is 33.0 Å². The topological polar surface area (TPSA) is 52.5 Å². The van der Waals surface area contributed by atoms with Gasteiger partial charge in [-0.05, 0) is 58.5 Å². The molecule has 1 aliphatic carbocycles. The first-order valence-corrected chi connectivity index (χ1v) is 8.77. The van der Waals surface area contributed by atoms with Crippen LogP contribution >= 0.6 is 0 Å². The summed E-state index contributed by atoms with van der Waals surface area (Å²) in [5.74, 6) is 0. The SMILES string of the molecule is CC(CO)(CO)NCCc1cc2c3c(cccc3c1)-c1ccccc1-2. The Hall–Kier alpha value is -2.20. The second-order valence-corrected chi connectivity index (χ2v) is 7.15. The van der Waals surface area contributed by atoms with Crippen LogP contribution in [-0.2, 0) is 6.42 Å². The predicted molar refractivity (Wildman–Crippen MR) is 103 cm³/mol. The fourth-order valence-corrected chi connectivity index (χ4v) is 3.69. The Labute approximate surface area is 147 Å². The lowest BCUT2D eigenvalue weighted by atomic mass is 9.98. The summed E-state index contributed by atoms with van der Waals surface area (Å²) in [6.07, 6.45) is 0.852. The molecule has 0 aliphatic heterocycles. The Kier molecular flexibility index (Phi) is 4.08. The van der Waals surface area contributed by atoms with Gasteiger partial charge in [0.15, 0.2) is 0 Å². The molecule has 0 fully saturated rings. The molecule has 3 heteroatoms. The van der Waals surface area contributed by atoms with Crippen molar-refractivity contribution in [2.24, 2.45) is 0 Å². The molecule has 1 aliphatic rings. The maximum Gasteiger partial charge on any atom is 0.0633 e. The number of hydrogen-bond donors (Lipinski definition) is 3. The molecule has 25 heavy (non-hydrogen) atoms. The van der Waals surface area contributed by atoms with E-state index in [2.05, 4.69) is 59.9 Å². The zero-order chi connectivity index (χ0) is 17.4. The predicted octanol–water partition coefficient (Wildman–Crippen LogP) is 3.36. The normalized spacial score (nSPS) is 12.6.